The molecule has 0 amide bonds. The summed E-state index contributed by atoms with van der Waals surface area (Å²) in [5, 5.41) is 1.30. The van der Waals surface area contributed by atoms with Crippen molar-refractivity contribution in [2.45, 2.75) is 51.6 Å². The first kappa shape index (κ1) is 14.3. The lowest BCUT2D eigenvalue weighted by atomic mass is 10.1. The van der Waals surface area contributed by atoms with Crippen LogP contribution in [0.1, 0.15) is 40.0 Å². The highest BCUT2D eigenvalue weighted by molar-refractivity contribution is 6.89. The van der Waals surface area contributed by atoms with Crippen molar-refractivity contribution in [1.82, 2.24) is 0 Å². The maximum atomic E-state index is 11.6. The van der Waals surface area contributed by atoms with E-state index in [1.54, 1.807) is 6.92 Å². The lowest BCUT2D eigenvalue weighted by molar-refractivity contribution is -0.132. The minimum Gasteiger partial charge on any atom is -0.514 e. The van der Waals surface area contributed by atoms with E-state index in [1.165, 1.54) is 24.4 Å². The molecule has 0 bridgehead atoms. The summed E-state index contributed by atoms with van der Waals surface area (Å²) in [7, 11) is -2.11. The topological polar surface area (TPSA) is 26.3 Å². The molecule has 2 rings (SSSR count). The van der Waals surface area contributed by atoms with Gasteiger partial charge in [-0.2, -0.15) is 0 Å². The van der Waals surface area contributed by atoms with Gasteiger partial charge in [0, 0.05) is 6.92 Å². The van der Waals surface area contributed by atoms with E-state index >= 15 is 0 Å². The number of benzene rings is 1. The summed E-state index contributed by atoms with van der Waals surface area (Å²) in [6.07, 6.45) is 3.59. The molecule has 0 aromatic heterocycles. The maximum Gasteiger partial charge on any atom is 0.289 e. The third-order valence-electron chi connectivity index (χ3n) is 4.10. The number of carbonyl (C=O) groups excluding carboxylic acids is 1. The molecule has 1 heterocycles. The molecule has 2 atom stereocenters. The molecule has 0 N–H and O–H groups in total. The largest absolute Gasteiger partial charge is 0.514 e. The van der Waals surface area contributed by atoms with Crippen molar-refractivity contribution in [2.24, 2.45) is 5.92 Å². The summed E-state index contributed by atoms with van der Waals surface area (Å²) in [5.74, 6) is 0.556. The zero-order valence-electron chi connectivity index (χ0n) is 12.2. The van der Waals surface area contributed by atoms with E-state index in [0.717, 1.165) is 6.04 Å². The molecule has 0 saturated carbocycles. The van der Waals surface area contributed by atoms with E-state index in [4.69, 9.17) is 4.43 Å². The number of hydrogen-bond donors (Lipinski definition) is 0. The molecule has 0 spiro atoms. The number of carbonyl (C=O) groups is 1. The highest BCUT2D eigenvalue weighted by Crippen LogP contribution is 2.44. The molecule has 3 heteroatoms. The van der Waals surface area contributed by atoms with Crippen LogP contribution in [-0.4, -0.2) is 14.3 Å². The molecule has 2 nitrogen and oxygen atoms in total. The van der Waals surface area contributed by atoms with E-state index in [2.05, 4.69) is 38.1 Å². The molecule has 1 aliphatic rings. The monoisotopic (exact) mass is 276 g/mol. The average molecular weight is 276 g/mol. The van der Waals surface area contributed by atoms with E-state index in [1.807, 2.05) is 6.07 Å². The minimum atomic E-state index is -2.11. The molecule has 1 aromatic rings. The van der Waals surface area contributed by atoms with Gasteiger partial charge in [-0.3, -0.25) is 4.79 Å². The quantitative estimate of drug-likeness (QED) is 0.785. The average Bonchev–Trinajstić information content (AvgIpc) is 2.73. The van der Waals surface area contributed by atoms with Crippen molar-refractivity contribution in [1.29, 1.82) is 0 Å². The highest BCUT2D eigenvalue weighted by atomic mass is 28.4. The van der Waals surface area contributed by atoms with Crippen molar-refractivity contribution in [3.63, 3.8) is 0 Å². The standard InChI is InChI=1S/C16H24O2Si/c1-13(2)12-16-10-7-11-19(16,18-14(3)17)15-8-5-4-6-9-15/h4-6,8-9,13,16H,7,10-12H2,1-3H3/t16-,19?/m0/s1. The summed E-state index contributed by atoms with van der Waals surface area (Å²) >= 11 is 0. The van der Waals surface area contributed by atoms with Gasteiger partial charge in [0.05, 0.1) is 0 Å². The van der Waals surface area contributed by atoms with Crippen LogP contribution in [0.5, 0.6) is 0 Å². The second kappa shape index (κ2) is 5.91. The molecule has 1 aliphatic heterocycles. The summed E-state index contributed by atoms with van der Waals surface area (Å²) in [5.41, 5.74) is 0.582. The Bertz CT molecular complexity index is 430. The number of hydrogen-bond acceptors (Lipinski definition) is 2. The Hall–Kier alpha value is -1.09. The van der Waals surface area contributed by atoms with Gasteiger partial charge in [-0.05, 0) is 35.5 Å². The van der Waals surface area contributed by atoms with Gasteiger partial charge in [0.1, 0.15) is 0 Å². The zero-order valence-corrected chi connectivity index (χ0v) is 13.2. The molecule has 1 fully saturated rings. The van der Waals surface area contributed by atoms with E-state index < -0.39 is 8.32 Å². The van der Waals surface area contributed by atoms with Crippen molar-refractivity contribution in [2.75, 3.05) is 0 Å². The Morgan fingerprint density at radius 3 is 2.63 bits per heavy atom. The Morgan fingerprint density at radius 1 is 1.37 bits per heavy atom. The van der Waals surface area contributed by atoms with Crippen molar-refractivity contribution < 1.29 is 9.22 Å². The Morgan fingerprint density at radius 2 is 2.05 bits per heavy atom. The predicted octanol–water partition coefficient (Wildman–Crippen LogP) is 3.61. The molecule has 1 saturated heterocycles. The van der Waals surface area contributed by atoms with E-state index in [-0.39, 0.29) is 5.97 Å². The van der Waals surface area contributed by atoms with Crippen LogP contribution in [0.2, 0.25) is 11.6 Å². The van der Waals surface area contributed by atoms with Crippen LogP contribution in [-0.2, 0) is 9.22 Å². The molecule has 1 unspecified atom stereocenters. The van der Waals surface area contributed by atoms with Crippen LogP contribution < -0.4 is 5.19 Å². The minimum absolute atomic E-state index is 0.105. The molecule has 19 heavy (non-hydrogen) atoms. The van der Waals surface area contributed by atoms with Crippen LogP contribution in [0.15, 0.2) is 30.3 Å². The fourth-order valence-electron chi connectivity index (χ4n) is 3.48. The molecule has 104 valence electrons. The first-order chi connectivity index (χ1) is 9.04. The molecular weight excluding hydrogens is 252 g/mol. The second-order valence-corrected chi connectivity index (χ2v) is 9.94. The van der Waals surface area contributed by atoms with Gasteiger partial charge in [0.15, 0.2) is 0 Å². The second-order valence-electron chi connectivity index (χ2n) is 6.07. The fraction of sp³-hybridized carbons (Fsp3) is 0.562. The summed E-state index contributed by atoms with van der Waals surface area (Å²) in [4.78, 5) is 11.6. The first-order valence-electron chi connectivity index (χ1n) is 7.29. The third-order valence-corrected chi connectivity index (χ3v) is 9.01. The van der Waals surface area contributed by atoms with Crippen LogP contribution in [0.4, 0.5) is 0 Å². The van der Waals surface area contributed by atoms with Crippen molar-refractivity contribution >= 4 is 19.5 Å². The van der Waals surface area contributed by atoms with Gasteiger partial charge in [0.25, 0.3) is 14.3 Å². The lowest BCUT2D eigenvalue weighted by Crippen LogP contribution is -2.53. The fourth-order valence-corrected chi connectivity index (χ4v) is 8.55. The predicted molar refractivity (Wildman–Crippen MR) is 80.8 cm³/mol. The molecule has 0 radical (unpaired) electrons. The van der Waals surface area contributed by atoms with Crippen molar-refractivity contribution in [3.8, 4) is 0 Å². The van der Waals surface area contributed by atoms with Gasteiger partial charge in [-0.25, -0.2) is 0 Å². The van der Waals surface area contributed by atoms with Crippen LogP contribution in [0, 0.1) is 5.92 Å². The first-order valence-corrected chi connectivity index (χ1v) is 9.49. The van der Waals surface area contributed by atoms with E-state index in [0.29, 0.717) is 11.5 Å². The molecular formula is C16H24O2Si. The van der Waals surface area contributed by atoms with Crippen LogP contribution >= 0.6 is 0 Å². The Kier molecular flexibility index (Phi) is 4.45. The Balaban J connectivity index is 2.36. The SMILES string of the molecule is CC(=O)O[Si]1(c2ccccc2)CCC[C@H]1CC(C)C. The summed E-state index contributed by atoms with van der Waals surface area (Å²) in [6, 6.07) is 11.6. The van der Waals surface area contributed by atoms with Gasteiger partial charge in [0.2, 0.25) is 0 Å². The Labute approximate surface area is 117 Å². The van der Waals surface area contributed by atoms with Crippen LogP contribution in [0.3, 0.4) is 0 Å². The van der Waals surface area contributed by atoms with E-state index in [9.17, 15) is 4.79 Å². The van der Waals surface area contributed by atoms with Gasteiger partial charge in [-0.1, -0.05) is 50.6 Å². The zero-order chi connectivity index (χ0) is 13.9. The third kappa shape index (κ3) is 3.08. The van der Waals surface area contributed by atoms with Gasteiger partial charge in [-0.15, -0.1) is 0 Å². The van der Waals surface area contributed by atoms with Gasteiger partial charge < -0.3 is 4.43 Å². The molecule has 0 aliphatic carbocycles. The normalized spacial score (nSPS) is 26.6. The van der Waals surface area contributed by atoms with Gasteiger partial charge >= 0.3 is 0 Å². The summed E-state index contributed by atoms with van der Waals surface area (Å²) < 4.78 is 6.00. The smallest absolute Gasteiger partial charge is 0.289 e. The lowest BCUT2D eigenvalue weighted by Gasteiger charge is -2.33. The van der Waals surface area contributed by atoms with Crippen LogP contribution in [0.25, 0.3) is 0 Å². The number of rotatable bonds is 4. The maximum absolute atomic E-state index is 11.6. The highest BCUT2D eigenvalue weighted by Gasteiger charge is 2.50. The van der Waals surface area contributed by atoms with Crippen molar-refractivity contribution in [3.05, 3.63) is 30.3 Å². The molecule has 1 aromatic carbocycles. The summed E-state index contributed by atoms with van der Waals surface area (Å²) in [6.45, 7) is 6.08.